The first kappa shape index (κ1) is 25.5. The van der Waals surface area contributed by atoms with Crippen molar-refractivity contribution in [2.45, 2.75) is 38.8 Å². The molecule has 0 radical (unpaired) electrons. The highest BCUT2D eigenvalue weighted by atomic mass is 16.5. The lowest BCUT2D eigenvalue weighted by molar-refractivity contribution is 0.0483. The lowest BCUT2D eigenvalue weighted by atomic mass is 10.0. The van der Waals surface area contributed by atoms with Gasteiger partial charge in [-0.3, -0.25) is 14.5 Å². The highest BCUT2D eigenvalue weighted by Gasteiger charge is 2.20. The molecule has 204 valence electrons. The van der Waals surface area contributed by atoms with Crippen LogP contribution in [0.5, 0.6) is 12.0 Å². The van der Waals surface area contributed by atoms with Crippen molar-refractivity contribution in [3.8, 4) is 23.3 Å². The van der Waals surface area contributed by atoms with Crippen LogP contribution in [-0.2, 0) is 17.8 Å². The highest BCUT2D eigenvalue weighted by molar-refractivity contribution is 5.83. The number of hydrogen-bond acceptors (Lipinski definition) is 9. The van der Waals surface area contributed by atoms with E-state index in [2.05, 4.69) is 56.3 Å². The predicted octanol–water partition coefficient (Wildman–Crippen LogP) is 3.93. The molecule has 39 heavy (non-hydrogen) atoms. The molecule has 0 bridgehead atoms. The molecule has 5 heterocycles. The number of nitrogen functional groups attached to an aromatic ring is 1. The summed E-state index contributed by atoms with van der Waals surface area (Å²) in [6.45, 7) is 5.92. The Morgan fingerprint density at radius 2 is 1.72 bits per heavy atom. The second-order valence-corrected chi connectivity index (χ2v) is 10.3. The van der Waals surface area contributed by atoms with Crippen molar-refractivity contribution in [2.24, 2.45) is 5.92 Å². The Morgan fingerprint density at radius 3 is 2.44 bits per heavy atom. The van der Waals surface area contributed by atoms with Crippen molar-refractivity contribution < 1.29 is 14.2 Å². The predicted molar refractivity (Wildman–Crippen MR) is 149 cm³/mol. The number of likely N-dealkylation sites (tertiary alicyclic amines) is 1. The standard InChI is InChI=1S/C29H35N7O3/c1-37-29-32-25-26(30)33-28(39-19-21-10-14-38-15-11-21)34-27(25)36(29)18-20-4-7-23(8-5-20)24-9-6-22(16-31-24)17-35-12-2-3-13-35/h4-9,16,21H,2-3,10-15,17-19H2,1H3,(H2,30,33,34). The van der Waals surface area contributed by atoms with Gasteiger partial charge in [-0.25, -0.2) is 0 Å². The molecule has 6 rings (SSSR count). The summed E-state index contributed by atoms with van der Waals surface area (Å²) >= 11 is 0. The third-order valence-electron chi connectivity index (χ3n) is 7.56. The van der Waals surface area contributed by atoms with Crippen LogP contribution in [0.1, 0.15) is 36.8 Å². The van der Waals surface area contributed by atoms with Gasteiger partial charge in [-0.1, -0.05) is 30.3 Å². The first-order valence-corrected chi connectivity index (χ1v) is 13.7. The molecule has 2 aliphatic rings. The average Bonchev–Trinajstić information content (AvgIpc) is 3.61. The number of fused-ring (bicyclic) bond motifs is 1. The van der Waals surface area contributed by atoms with Gasteiger partial charge >= 0.3 is 6.01 Å². The summed E-state index contributed by atoms with van der Waals surface area (Å²) in [6, 6.07) is 13.3. The van der Waals surface area contributed by atoms with Crippen molar-refractivity contribution >= 4 is 17.0 Å². The van der Waals surface area contributed by atoms with E-state index in [0.717, 1.165) is 49.4 Å². The lowest BCUT2D eigenvalue weighted by Crippen LogP contribution is -2.22. The first-order valence-electron chi connectivity index (χ1n) is 13.7. The lowest BCUT2D eigenvalue weighted by Gasteiger charge is -2.21. The van der Waals surface area contributed by atoms with E-state index in [1.807, 2.05) is 10.8 Å². The number of nitrogens with two attached hydrogens (primary N) is 1. The normalized spacial score (nSPS) is 16.6. The zero-order valence-corrected chi connectivity index (χ0v) is 22.4. The molecule has 0 atom stereocenters. The van der Waals surface area contributed by atoms with Gasteiger partial charge in [0.25, 0.3) is 6.01 Å². The van der Waals surface area contributed by atoms with Crippen LogP contribution in [0.3, 0.4) is 0 Å². The van der Waals surface area contributed by atoms with Gasteiger partial charge in [-0.15, -0.1) is 0 Å². The summed E-state index contributed by atoms with van der Waals surface area (Å²) in [6.07, 6.45) is 6.53. The Hall–Kier alpha value is -3.76. The molecule has 3 aromatic heterocycles. The molecular formula is C29H35N7O3. The Bertz CT molecular complexity index is 1390. The van der Waals surface area contributed by atoms with E-state index in [1.165, 1.54) is 31.5 Å². The number of ether oxygens (including phenoxy) is 3. The number of aromatic nitrogens is 5. The van der Waals surface area contributed by atoms with Crippen LogP contribution in [0.25, 0.3) is 22.4 Å². The summed E-state index contributed by atoms with van der Waals surface area (Å²) in [5, 5.41) is 0. The van der Waals surface area contributed by atoms with Gasteiger partial charge in [0.05, 0.1) is 26.0 Å². The molecule has 0 unspecified atom stereocenters. The minimum atomic E-state index is 0.255. The number of imidazole rings is 1. The zero-order chi connectivity index (χ0) is 26.6. The van der Waals surface area contributed by atoms with Crippen molar-refractivity contribution in [1.82, 2.24) is 29.4 Å². The van der Waals surface area contributed by atoms with Crippen LogP contribution in [0.15, 0.2) is 42.6 Å². The summed E-state index contributed by atoms with van der Waals surface area (Å²) in [5.74, 6) is 0.696. The zero-order valence-electron chi connectivity index (χ0n) is 22.4. The van der Waals surface area contributed by atoms with Crippen molar-refractivity contribution in [2.75, 3.05) is 45.8 Å². The maximum atomic E-state index is 6.24. The van der Waals surface area contributed by atoms with Gasteiger partial charge in [-0.05, 0) is 61.9 Å². The molecule has 0 aliphatic carbocycles. The fraction of sp³-hybridized carbons (Fsp3) is 0.448. The second kappa shape index (κ2) is 11.5. The summed E-state index contributed by atoms with van der Waals surface area (Å²) in [4.78, 5) is 20.7. The van der Waals surface area contributed by atoms with Crippen LogP contribution in [-0.4, -0.2) is 69.4 Å². The fourth-order valence-corrected chi connectivity index (χ4v) is 5.30. The minimum absolute atomic E-state index is 0.255. The minimum Gasteiger partial charge on any atom is -0.468 e. The van der Waals surface area contributed by atoms with Gasteiger partial charge in [0.15, 0.2) is 17.0 Å². The number of nitrogens with zero attached hydrogens (tertiary/aromatic N) is 6. The first-order chi connectivity index (χ1) is 19.2. The molecular weight excluding hydrogens is 494 g/mol. The molecule has 10 heteroatoms. The maximum Gasteiger partial charge on any atom is 0.320 e. The van der Waals surface area contributed by atoms with E-state index in [1.54, 1.807) is 7.11 Å². The number of pyridine rings is 1. The van der Waals surface area contributed by atoms with Gasteiger partial charge in [-0.2, -0.15) is 15.0 Å². The molecule has 0 amide bonds. The van der Waals surface area contributed by atoms with Crippen LogP contribution in [0.4, 0.5) is 5.82 Å². The molecule has 2 aliphatic heterocycles. The second-order valence-electron chi connectivity index (χ2n) is 10.3. The molecule has 0 saturated carbocycles. The Balaban J connectivity index is 1.18. The largest absolute Gasteiger partial charge is 0.468 e. The number of benzene rings is 1. The molecule has 10 nitrogen and oxygen atoms in total. The molecule has 2 saturated heterocycles. The summed E-state index contributed by atoms with van der Waals surface area (Å²) in [7, 11) is 1.59. The smallest absolute Gasteiger partial charge is 0.320 e. The number of hydrogen-bond donors (Lipinski definition) is 1. The molecule has 4 aromatic rings. The molecule has 2 N–H and O–H groups in total. The maximum absolute atomic E-state index is 6.24. The topological polar surface area (TPSA) is 113 Å². The van der Waals surface area contributed by atoms with Crippen LogP contribution in [0, 0.1) is 5.92 Å². The Morgan fingerprint density at radius 1 is 0.949 bits per heavy atom. The number of anilines is 1. The monoisotopic (exact) mass is 529 g/mol. The van der Waals surface area contributed by atoms with E-state index < -0.39 is 0 Å². The fourth-order valence-electron chi connectivity index (χ4n) is 5.30. The van der Waals surface area contributed by atoms with Crippen LogP contribution in [0.2, 0.25) is 0 Å². The quantitative estimate of drug-likeness (QED) is 0.344. The van der Waals surface area contributed by atoms with Crippen molar-refractivity contribution in [3.63, 3.8) is 0 Å². The average molecular weight is 530 g/mol. The Kier molecular flexibility index (Phi) is 7.55. The number of rotatable bonds is 9. The number of methoxy groups -OCH3 is 1. The highest BCUT2D eigenvalue weighted by Crippen LogP contribution is 2.28. The molecule has 2 fully saturated rings. The van der Waals surface area contributed by atoms with E-state index in [-0.39, 0.29) is 11.8 Å². The van der Waals surface area contributed by atoms with Crippen molar-refractivity contribution in [1.29, 1.82) is 0 Å². The van der Waals surface area contributed by atoms with Crippen molar-refractivity contribution in [3.05, 3.63) is 53.7 Å². The van der Waals surface area contributed by atoms with E-state index in [4.69, 9.17) is 24.9 Å². The van der Waals surface area contributed by atoms with Gasteiger partial charge < -0.3 is 19.9 Å². The van der Waals surface area contributed by atoms with Gasteiger partial charge in [0, 0.05) is 31.5 Å². The third-order valence-corrected chi connectivity index (χ3v) is 7.56. The van der Waals surface area contributed by atoms with E-state index in [9.17, 15) is 0 Å². The molecule has 0 spiro atoms. The summed E-state index contributed by atoms with van der Waals surface area (Å²) < 4.78 is 18.8. The van der Waals surface area contributed by atoms with Crippen LogP contribution >= 0.6 is 0 Å². The van der Waals surface area contributed by atoms with Crippen LogP contribution < -0.4 is 15.2 Å². The van der Waals surface area contributed by atoms with E-state index in [0.29, 0.717) is 36.2 Å². The SMILES string of the molecule is COc1nc2c(N)nc(OCC3CCOCC3)nc2n1Cc1ccc(-c2ccc(CN3CCCC3)cn2)cc1. The molecule has 1 aromatic carbocycles. The third kappa shape index (κ3) is 5.81. The van der Waals surface area contributed by atoms with E-state index >= 15 is 0 Å². The Labute approximate surface area is 228 Å². The van der Waals surface area contributed by atoms with Gasteiger partial charge in [0.2, 0.25) is 0 Å². The van der Waals surface area contributed by atoms with Gasteiger partial charge in [0.1, 0.15) is 0 Å². The summed E-state index contributed by atoms with van der Waals surface area (Å²) in [5.41, 5.74) is 11.7.